The van der Waals surface area contributed by atoms with Crippen molar-refractivity contribution in [1.82, 2.24) is 4.90 Å². The molecule has 1 aliphatic rings. The smallest absolute Gasteiger partial charge is 0.123 e. The van der Waals surface area contributed by atoms with Crippen LogP contribution in [0.4, 0.5) is 4.39 Å². The van der Waals surface area contributed by atoms with Crippen molar-refractivity contribution in [2.45, 2.75) is 51.2 Å². The predicted molar refractivity (Wildman–Crippen MR) is 72.8 cm³/mol. The molecule has 18 heavy (non-hydrogen) atoms. The molecule has 3 atom stereocenters. The van der Waals surface area contributed by atoms with Crippen molar-refractivity contribution in [2.24, 2.45) is 5.73 Å². The number of hydrogen-bond donors (Lipinski definition) is 1. The Hall–Kier alpha value is -0.930. The number of nitrogens with zero attached hydrogens (tertiary/aromatic N) is 1. The van der Waals surface area contributed by atoms with E-state index in [1.165, 1.54) is 25.0 Å². The van der Waals surface area contributed by atoms with Gasteiger partial charge in [0.2, 0.25) is 0 Å². The maximum atomic E-state index is 13.0. The number of halogens is 1. The minimum atomic E-state index is -0.185. The van der Waals surface area contributed by atoms with Gasteiger partial charge in [-0.05, 0) is 50.4 Å². The summed E-state index contributed by atoms with van der Waals surface area (Å²) in [6.45, 7) is 5.37. The first-order valence-electron chi connectivity index (χ1n) is 6.90. The van der Waals surface area contributed by atoms with Crippen LogP contribution in [0.1, 0.15) is 44.7 Å². The number of likely N-dealkylation sites (tertiary alicyclic amines) is 1. The Kier molecular flexibility index (Phi) is 4.36. The monoisotopic (exact) mass is 250 g/mol. The molecule has 0 radical (unpaired) electrons. The molecular weight excluding hydrogens is 227 g/mol. The fourth-order valence-electron chi connectivity index (χ4n) is 3.12. The van der Waals surface area contributed by atoms with E-state index < -0.39 is 0 Å². The van der Waals surface area contributed by atoms with Gasteiger partial charge in [0.1, 0.15) is 5.82 Å². The van der Waals surface area contributed by atoms with Crippen molar-refractivity contribution in [1.29, 1.82) is 0 Å². The van der Waals surface area contributed by atoms with Crippen LogP contribution >= 0.6 is 0 Å². The molecule has 100 valence electrons. The molecule has 0 aromatic heterocycles. The molecule has 1 heterocycles. The van der Waals surface area contributed by atoms with Crippen molar-refractivity contribution in [3.05, 3.63) is 35.6 Å². The third kappa shape index (κ3) is 2.73. The summed E-state index contributed by atoms with van der Waals surface area (Å²) < 4.78 is 13.0. The van der Waals surface area contributed by atoms with Crippen molar-refractivity contribution in [3.8, 4) is 0 Å². The van der Waals surface area contributed by atoms with E-state index >= 15 is 0 Å². The van der Waals surface area contributed by atoms with Crippen molar-refractivity contribution >= 4 is 0 Å². The molecule has 3 unspecified atom stereocenters. The van der Waals surface area contributed by atoms with Crippen LogP contribution in [0.3, 0.4) is 0 Å². The number of nitrogens with two attached hydrogens (primary N) is 1. The average molecular weight is 250 g/mol. The van der Waals surface area contributed by atoms with E-state index in [1.807, 2.05) is 19.1 Å². The molecule has 3 heteroatoms. The Morgan fingerprint density at radius 3 is 2.61 bits per heavy atom. The Balaban J connectivity index is 2.25. The van der Waals surface area contributed by atoms with E-state index in [4.69, 9.17) is 5.73 Å². The second-order valence-corrected chi connectivity index (χ2v) is 5.30. The summed E-state index contributed by atoms with van der Waals surface area (Å²) in [7, 11) is 0. The van der Waals surface area contributed by atoms with Gasteiger partial charge >= 0.3 is 0 Å². The first-order chi connectivity index (χ1) is 8.63. The van der Waals surface area contributed by atoms with Crippen molar-refractivity contribution in [3.63, 3.8) is 0 Å². The molecule has 1 aromatic carbocycles. The average Bonchev–Trinajstić information content (AvgIpc) is 2.79. The Labute approximate surface area is 109 Å². The fourth-order valence-corrected chi connectivity index (χ4v) is 3.12. The predicted octanol–water partition coefficient (Wildman–Crippen LogP) is 3.09. The molecule has 2 N–H and O–H groups in total. The molecule has 0 aliphatic carbocycles. The summed E-state index contributed by atoms with van der Waals surface area (Å²) in [4.78, 5) is 2.50. The molecule has 2 nitrogen and oxygen atoms in total. The fraction of sp³-hybridized carbons (Fsp3) is 0.600. The van der Waals surface area contributed by atoms with Crippen LogP contribution in [0.5, 0.6) is 0 Å². The highest BCUT2D eigenvalue weighted by Crippen LogP contribution is 2.32. The highest BCUT2D eigenvalue weighted by Gasteiger charge is 2.32. The van der Waals surface area contributed by atoms with Gasteiger partial charge in [0, 0.05) is 18.1 Å². The molecule has 1 saturated heterocycles. The van der Waals surface area contributed by atoms with Gasteiger partial charge in [0.25, 0.3) is 0 Å². The molecule has 0 spiro atoms. The maximum absolute atomic E-state index is 13.0. The Morgan fingerprint density at radius 1 is 1.39 bits per heavy atom. The topological polar surface area (TPSA) is 29.3 Å². The van der Waals surface area contributed by atoms with Gasteiger partial charge in [0.15, 0.2) is 0 Å². The van der Waals surface area contributed by atoms with Gasteiger partial charge in [0.05, 0.1) is 0 Å². The highest BCUT2D eigenvalue weighted by molar-refractivity contribution is 5.22. The molecule has 0 saturated carbocycles. The molecule has 0 bridgehead atoms. The van der Waals surface area contributed by atoms with Gasteiger partial charge in [-0.25, -0.2) is 4.39 Å². The second kappa shape index (κ2) is 5.81. The third-order valence-corrected chi connectivity index (χ3v) is 3.96. The maximum Gasteiger partial charge on any atom is 0.123 e. The second-order valence-electron chi connectivity index (χ2n) is 5.30. The largest absolute Gasteiger partial charge is 0.326 e. The SMILES string of the molecule is CCC1CCCN1C(c1ccc(F)cc1)C(C)N. The van der Waals surface area contributed by atoms with E-state index in [9.17, 15) is 4.39 Å². The van der Waals surface area contributed by atoms with Gasteiger partial charge in [-0.15, -0.1) is 0 Å². The molecule has 1 aliphatic heterocycles. The van der Waals surface area contributed by atoms with E-state index in [2.05, 4.69) is 11.8 Å². The summed E-state index contributed by atoms with van der Waals surface area (Å²) in [5, 5.41) is 0. The molecule has 1 aromatic rings. The van der Waals surface area contributed by atoms with Crippen molar-refractivity contribution < 1.29 is 4.39 Å². The van der Waals surface area contributed by atoms with Gasteiger partial charge in [-0.1, -0.05) is 19.1 Å². The molecule has 0 amide bonds. The van der Waals surface area contributed by atoms with Crippen LogP contribution in [-0.2, 0) is 0 Å². The first-order valence-corrected chi connectivity index (χ1v) is 6.90. The lowest BCUT2D eigenvalue weighted by Gasteiger charge is -2.35. The van der Waals surface area contributed by atoms with Gasteiger partial charge < -0.3 is 5.73 Å². The van der Waals surface area contributed by atoms with Crippen LogP contribution < -0.4 is 5.73 Å². The molecule has 2 rings (SSSR count). The van der Waals surface area contributed by atoms with E-state index in [0.717, 1.165) is 18.5 Å². The van der Waals surface area contributed by atoms with Crippen LogP contribution in [-0.4, -0.2) is 23.5 Å². The Morgan fingerprint density at radius 2 is 2.06 bits per heavy atom. The quantitative estimate of drug-likeness (QED) is 0.889. The zero-order valence-electron chi connectivity index (χ0n) is 11.3. The lowest BCUT2D eigenvalue weighted by atomic mass is 9.98. The van der Waals surface area contributed by atoms with Gasteiger partial charge in [-0.3, -0.25) is 4.90 Å². The van der Waals surface area contributed by atoms with Gasteiger partial charge in [-0.2, -0.15) is 0 Å². The normalized spacial score (nSPS) is 24.1. The standard InChI is InChI=1S/C15H23FN2/c1-3-14-5-4-10-18(14)15(11(2)17)12-6-8-13(16)9-7-12/h6-9,11,14-15H,3-5,10,17H2,1-2H3. The number of benzene rings is 1. The third-order valence-electron chi connectivity index (χ3n) is 3.96. The van der Waals surface area contributed by atoms with Crippen LogP contribution in [0.25, 0.3) is 0 Å². The summed E-state index contributed by atoms with van der Waals surface area (Å²) in [6, 6.07) is 7.68. The van der Waals surface area contributed by atoms with Crippen LogP contribution in [0, 0.1) is 5.82 Å². The zero-order valence-corrected chi connectivity index (χ0v) is 11.3. The van der Waals surface area contributed by atoms with Crippen LogP contribution in [0.2, 0.25) is 0 Å². The number of rotatable bonds is 4. The van der Waals surface area contributed by atoms with E-state index in [0.29, 0.717) is 6.04 Å². The first kappa shape index (κ1) is 13.5. The minimum Gasteiger partial charge on any atom is -0.326 e. The summed E-state index contributed by atoms with van der Waals surface area (Å²) in [6.07, 6.45) is 3.65. The van der Waals surface area contributed by atoms with Crippen molar-refractivity contribution in [2.75, 3.05) is 6.54 Å². The summed E-state index contributed by atoms with van der Waals surface area (Å²) in [5.41, 5.74) is 7.30. The molecular formula is C15H23FN2. The lowest BCUT2D eigenvalue weighted by molar-refractivity contribution is 0.157. The Bertz CT molecular complexity index is 375. The molecule has 1 fully saturated rings. The summed E-state index contributed by atoms with van der Waals surface area (Å²) in [5.74, 6) is -0.185. The van der Waals surface area contributed by atoms with Crippen LogP contribution in [0.15, 0.2) is 24.3 Å². The zero-order chi connectivity index (χ0) is 13.1. The van der Waals surface area contributed by atoms with E-state index in [1.54, 1.807) is 0 Å². The summed E-state index contributed by atoms with van der Waals surface area (Å²) >= 11 is 0. The lowest BCUT2D eigenvalue weighted by Crippen LogP contribution is -2.42. The number of hydrogen-bond acceptors (Lipinski definition) is 2. The highest BCUT2D eigenvalue weighted by atomic mass is 19.1. The minimum absolute atomic E-state index is 0.0580. The van der Waals surface area contributed by atoms with E-state index in [-0.39, 0.29) is 17.9 Å².